The number of halogens is 2. The molecule has 11 heavy (non-hydrogen) atoms. The van der Waals surface area contributed by atoms with E-state index in [9.17, 15) is 13.9 Å². The van der Waals surface area contributed by atoms with Crippen LogP contribution in [0.3, 0.4) is 0 Å². The molecule has 1 unspecified atom stereocenters. The Morgan fingerprint density at radius 2 is 1.82 bits per heavy atom. The van der Waals surface area contributed by atoms with Crippen LogP contribution < -0.4 is 0 Å². The molecule has 0 bridgehead atoms. The van der Waals surface area contributed by atoms with Crippen LogP contribution in [0, 0.1) is 5.41 Å². The summed E-state index contributed by atoms with van der Waals surface area (Å²) < 4.78 is 25.6. The highest BCUT2D eigenvalue weighted by molar-refractivity contribution is 5.04. The first-order chi connectivity index (χ1) is 5.04. The molecule has 0 aromatic heterocycles. The Labute approximate surface area is 64.4 Å². The molecular formula is C8H12F2O. The van der Waals surface area contributed by atoms with Crippen molar-refractivity contribution in [3.8, 4) is 0 Å². The smallest absolute Gasteiger partial charge is 0.248 e. The van der Waals surface area contributed by atoms with E-state index in [1.54, 1.807) is 0 Å². The number of hydrogen-bond acceptors (Lipinski definition) is 1. The molecular weight excluding hydrogens is 150 g/mol. The van der Waals surface area contributed by atoms with E-state index < -0.39 is 12.0 Å². The minimum absolute atomic E-state index is 0.0822. The molecule has 0 aromatic carbocycles. The Balaban J connectivity index is 2.10. The van der Waals surface area contributed by atoms with E-state index in [0.29, 0.717) is 0 Å². The molecule has 0 saturated heterocycles. The van der Waals surface area contributed by atoms with Gasteiger partial charge in [-0.05, 0) is 19.3 Å². The summed E-state index contributed by atoms with van der Waals surface area (Å²) in [6.07, 6.45) is 1.21. The lowest BCUT2D eigenvalue weighted by Gasteiger charge is -2.33. The van der Waals surface area contributed by atoms with Crippen molar-refractivity contribution >= 4 is 0 Å². The summed E-state index contributed by atoms with van der Waals surface area (Å²) in [5, 5.41) is 9.40. The van der Waals surface area contributed by atoms with Gasteiger partial charge in [-0.3, -0.25) is 0 Å². The highest BCUT2D eigenvalue weighted by atomic mass is 19.3. The van der Waals surface area contributed by atoms with Crippen LogP contribution in [0.1, 0.15) is 32.1 Å². The molecule has 2 fully saturated rings. The number of aliphatic hydroxyl groups is 1. The average molecular weight is 162 g/mol. The van der Waals surface area contributed by atoms with E-state index in [1.165, 1.54) is 0 Å². The maximum Gasteiger partial charge on any atom is 0.248 e. The lowest BCUT2D eigenvalue weighted by Crippen LogP contribution is -2.36. The molecule has 2 saturated carbocycles. The summed E-state index contributed by atoms with van der Waals surface area (Å²) in [5.74, 6) is -2.50. The number of hydrogen-bond donors (Lipinski definition) is 1. The molecule has 0 radical (unpaired) electrons. The highest BCUT2D eigenvalue weighted by Gasteiger charge is 2.57. The van der Waals surface area contributed by atoms with E-state index in [-0.39, 0.29) is 24.7 Å². The molecule has 2 rings (SSSR count). The molecule has 0 heterocycles. The second kappa shape index (κ2) is 1.94. The van der Waals surface area contributed by atoms with Gasteiger partial charge in [-0.15, -0.1) is 0 Å². The van der Waals surface area contributed by atoms with Crippen molar-refractivity contribution in [2.75, 3.05) is 0 Å². The van der Waals surface area contributed by atoms with E-state index in [2.05, 4.69) is 0 Å². The highest BCUT2D eigenvalue weighted by Crippen LogP contribution is 2.59. The maximum atomic E-state index is 12.8. The zero-order chi connectivity index (χ0) is 8.11. The van der Waals surface area contributed by atoms with E-state index in [1.807, 2.05) is 0 Å². The van der Waals surface area contributed by atoms with Crippen molar-refractivity contribution in [2.45, 2.75) is 44.1 Å². The van der Waals surface area contributed by atoms with Crippen LogP contribution in [0.15, 0.2) is 0 Å². The molecule has 64 valence electrons. The summed E-state index contributed by atoms with van der Waals surface area (Å²) in [4.78, 5) is 0. The first kappa shape index (κ1) is 7.47. The normalized spacial score (nSPS) is 39.0. The third-order valence-electron chi connectivity index (χ3n) is 2.99. The predicted octanol–water partition coefficient (Wildman–Crippen LogP) is 1.95. The summed E-state index contributed by atoms with van der Waals surface area (Å²) in [6.45, 7) is 0. The van der Waals surface area contributed by atoms with Gasteiger partial charge >= 0.3 is 0 Å². The number of alkyl halides is 2. The quantitative estimate of drug-likeness (QED) is 0.577. The van der Waals surface area contributed by atoms with Crippen LogP contribution >= 0.6 is 0 Å². The third-order valence-corrected chi connectivity index (χ3v) is 2.99. The molecule has 1 spiro atoms. The predicted molar refractivity (Wildman–Crippen MR) is 36.5 cm³/mol. The van der Waals surface area contributed by atoms with Gasteiger partial charge in [0.15, 0.2) is 0 Å². The Morgan fingerprint density at radius 3 is 2.27 bits per heavy atom. The molecule has 1 N–H and O–H groups in total. The zero-order valence-corrected chi connectivity index (χ0v) is 6.32. The van der Waals surface area contributed by atoms with Gasteiger partial charge in [0.05, 0.1) is 6.10 Å². The van der Waals surface area contributed by atoms with E-state index in [4.69, 9.17) is 0 Å². The molecule has 3 heteroatoms. The maximum absolute atomic E-state index is 12.8. The van der Waals surface area contributed by atoms with Crippen molar-refractivity contribution in [3.63, 3.8) is 0 Å². The van der Waals surface area contributed by atoms with Crippen LogP contribution in [-0.2, 0) is 0 Å². The SMILES string of the molecule is OC1CCC(F)(F)CC12CC2. The van der Waals surface area contributed by atoms with Gasteiger partial charge in [-0.2, -0.15) is 0 Å². The molecule has 0 aromatic rings. The van der Waals surface area contributed by atoms with Crippen LogP contribution in [0.2, 0.25) is 0 Å². The van der Waals surface area contributed by atoms with Crippen molar-refractivity contribution in [1.82, 2.24) is 0 Å². The van der Waals surface area contributed by atoms with E-state index >= 15 is 0 Å². The van der Waals surface area contributed by atoms with Crippen molar-refractivity contribution in [1.29, 1.82) is 0 Å². The first-order valence-corrected chi connectivity index (χ1v) is 4.10. The van der Waals surface area contributed by atoms with Gasteiger partial charge in [-0.25, -0.2) is 8.78 Å². The van der Waals surface area contributed by atoms with Crippen molar-refractivity contribution in [2.24, 2.45) is 5.41 Å². The zero-order valence-electron chi connectivity index (χ0n) is 6.32. The molecule has 0 aliphatic heterocycles. The van der Waals surface area contributed by atoms with Gasteiger partial charge in [0.1, 0.15) is 0 Å². The fraction of sp³-hybridized carbons (Fsp3) is 1.00. The second-order valence-electron chi connectivity index (χ2n) is 3.95. The standard InChI is InChI=1S/C8H12F2O/c9-8(10)2-1-6(11)7(5-8)3-4-7/h6,11H,1-5H2. The summed E-state index contributed by atoms with van der Waals surface area (Å²) >= 11 is 0. The van der Waals surface area contributed by atoms with Crippen molar-refractivity contribution < 1.29 is 13.9 Å². The van der Waals surface area contributed by atoms with Gasteiger partial charge in [0.25, 0.3) is 0 Å². The molecule has 1 nitrogen and oxygen atoms in total. The fourth-order valence-electron chi connectivity index (χ4n) is 2.05. The van der Waals surface area contributed by atoms with Gasteiger partial charge < -0.3 is 5.11 Å². The first-order valence-electron chi connectivity index (χ1n) is 4.10. The second-order valence-corrected chi connectivity index (χ2v) is 3.95. The fourth-order valence-corrected chi connectivity index (χ4v) is 2.05. The topological polar surface area (TPSA) is 20.2 Å². The Bertz CT molecular complexity index is 175. The van der Waals surface area contributed by atoms with Crippen LogP contribution in [-0.4, -0.2) is 17.1 Å². The molecule has 0 amide bonds. The van der Waals surface area contributed by atoms with Crippen LogP contribution in [0.5, 0.6) is 0 Å². The van der Waals surface area contributed by atoms with Crippen LogP contribution in [0.25, 0.3) is 0 Å². The van der Waals surface area contributed by atoms with E-state index in [0.717, 1.165) is 12.8 Å². The Kier molecular flexibility index (Phi) is 1.32. The summed E-state index contributed by atoms with van der Waals surface area (Å²) in [7, 11) is 0. The minimum atomic E-state index is -2.50. The lowest BCUT2D eigenvalue weighted by molar-refractivity contribution is -0.100. The third kappa shape index (κ3) is 1.15. The largest absolute Gasteiger partial charge is 0.393 e. The number of rotatable bonds is 0. The minimum Gasteiger partial charge on any atom is -0.393 e. The van der Waals surface area contributed by atoms with Gasteiger partial charge in [0, 0.05) is 18.3 Å². The van der Waals surface area contributed by atoms with Gasteiger partial charge in [0.2, 0.25) is 5.92 Å². The Hall–Kier alpha value is -0.180. The molecule has 1 atom stereocenters. The Morgan fingerprint density at radius 1 is 1.18 bits per heavy atom. The average Bonchev–Trinajstić information content (AvgIpc) is 2.61. The lowest BCUT2D eigenvalue weighted by atomic mass is 9.81. The summed E-state index contributed by atoms with van der Waals surface area (Å²) in [5.41, 5.74) is -0.373. The van der Waals surface area contributed by atoms with Gasteiger partial charge in [-0.1, -0.05) is 0 Å². The van der Waals surface area contributed by atoms with Crippen molar-refractivity contribution in [3.05, 3.63) is 0 Å². The summed E-state index contributed by atoms with van der Waals surface area (Å²) in [6, 6.07) is 0. The molecule has 2 aliphatic rings. The molecule has 2 aliphatic carbocycles. The number of aliphatic hydroxyl groups excluding tert-OH is 1. The monoisotopic (exact) mass is 162 g/mol. The van der Waals surface area contributed by atoms with Crippen LogP contribution in [0.4, 0.5) is 8.78 Å².